The van der Waals surface area contributed by atoms with Gasteiger partial charge in [0.05, 0.1) is 0 Å². The Morgan fingerprint density at radius 3 is 2.54 bits per heavy atom. The fourth-order valence-corrected chi connectivity index (χ4v) is 2.43. The lowest BCUT2D eigenvalue weighted by Gasteiger charge is -2.19. The molecule has 2 nitrogen and oxygen atoms in total. The van der Waals surface area contributed by atoms with E-state index in [1.54, 1.807) is 0 Å². The first-order chi connectivity index (χ1) is 5.90. The molecule has 0 amide bonds. The van der Waals surface area contributed by atoms with Crippen molar-refractivity contribution in [1.82, 2.24) is 0 Å². The molecule has 0 saturated heterocycles. The van der Waals surface area contributed by atoms with E-state index in [-0.39, 0.29) is 5.97 Å². The van der Waals surface area contributed by atoms with Crippen molar-refractivity contribution in [3.63, 3.8) is 0 Å². The van der Waals surface area contributed by atoms with E-state index in [1.807, 2.05) is 20.8 Å². The number of carbonyl (C=O) groups excluding carboxylic acids is 1. The summed E-state index contributed by atoms with van der Waals surface area (Å²) in [5.41, 5.74) is -0.415. The van der Waals surface area contributed by atoms with Crippen LogP contribution >= 0.6 is 24.4 Å². The zero-order chi connectivity index (χ0) is 10.1. The molecule has 1 aliphatic heterocycles. The summed E-state index contributed by atoms with van der Waals surface area (Å²) in [5.74, 6) is 0.702. The molecule has 0 unspecified atom stereocenters. The maximum Gasteiger partial charge on any atom is 0.345 e. The lowest BCUT2D eigenvalue weighted by Crippen LogP contribution is -2.24. The van der Waals surface area contributed by atoms with Crippen LogP contribution in [0.2, 0.25) is 0 Å². The standard InChI is InChI=1S/C9H14O2S2/c1-9(2,3)11-8(10)7-6(12)4-5-13-7/h12H,4-5H2,1-3H3. The molecule has 0 radical (unpaired) electrons. The minimum absolute atomic E-state index is 0.236. The SMILES string of the molecule is CC(C)(C)OC(=O)C1=C(S)CCS1. The van der Waals surface area contributed by atoms with Gasteiger partial charge in [-0.15, -0.1) is 24.4 Å². The topological polar surface area (TPSA) is 26.3 Å². The molecule has 0 fully saturated rings. The van der Waals surface area contributed by atoms with Gasteiger partial charge in [-0.1, -0.05) is 0 Å². The van der Waals surface area contributed by atoms with Crippen molar-refractivity contribution in [2.75, 3.05) is 5.75 Å². The van der Waals surface area contributed by atoms with E-state index in [0.29, 0.717) is 4.91 Å². The molecule has 1 aliphatic rings. The molecule has 0 spiro atoms. The highest BCUT2D eigenvalue weighted by Crippen LogP contribution is 2.34. The fraction of sp³-hybridized carbons (Fsp3) is 0.667. The maximum atomic E-state index is 11.5. The maximum absolute atomic E-state index is 11.5. The summed E-state index contributed by atoms with van der Waals surface area (Å²) in [6.07, 6.45) is 0.877. The van der Waals surface area contributed by atoms with E-state index in [4.69, 9.17) is 4.74 Å². The van der Waals surface area contributed by atoms with Crippen LogP contribution in [-0.4, -0.2) is 17.3 Å². The normalized spacial score (nSPS) is 17.8. The Kier molecular flexibility index (Phi) is 3.35. The van der Waals surface area contributed by atoms with Crippen molar-refractivity contribution in [3.8, 4) is 0 Å². The first-order valence-electron chi connectivity index (χ1n) is 4.18. The summed E-state index contributed by atoms with van der Waals surface area (Å²) in [6, 6.07) is 0. The Labute approximate surface area is 88.5 Å². The molecule has 13 heavy (non-hydrogen) atoms. The Morgan fingerprint density at radius 2 is 2.15 bits per heavy atom. The van der Waals surface area contributed by atoms with Crippen LogP contribution in [0.25, 0.3) is 0 Å². The van der Waals surface area contributed by atoms with Crippen molar-refractivity contribution < 1.29 is 9.53 Å². The van der Waals surface area contributed by atoms with Crippen molar-refractivity contribution in [2.45, 2.75) is 32.8 Å². The molecule has 0 bridgehead atoms. The molecule has 74 valence electrons. The van der Waals surface area contributed by atoms with E-state index in [0.717, 1.165) is 17.1 Å². The highest BCUT2D eigenvalue weighted by molar-refractivity contribution is 8.05. The monoisotopic (exact) mass is 218 g/mol. The number of hydrogen-bond acceptors (Lipinski definition) is 4. The minimum atomic E-state index is -0.415. The number of allylic oxidation sites excluding steroid dienone is 1. The van der Waals surface area contributed by atoms with E-state index < -0.39 is 5.60 Å². The average molecular weight is 218 g/mol. The molecule has 0 aromatic rings. The summed E-state index contributed by atoms with van der Waals surface area (Å²) in [6.45, 7) is 5.59. The first-order valence-corrected chi connectivity index (χ1v) is 5.62. The van der Waals surface area contributed by atoms with E-state index in [2.05, 4.69) is 12.6 Å². The predicted octanol–water partition coefficient (Wildman–Crippen LogP) is 2.61. The van der Waals surface area contributed by atoms with E-state index >= 15 is 0 Å². The molecule has 0 aromatic carbocycles. The zero-order valence-corrected chi connectivity index (χ0v) is 9.80. The number of ether oxygens (including phenoxy) is 1. The van der Waals surface area contributed by atoms with Gasteiger partial charge in [-0.3, -0.25) is 0 Å². The van der Waals surface area contributed by atoms with Crippen LogP contribution in [0.5, 0.6) is 0 Å². The smallest absolute Gasteiger partial charge is 0.345 e. The van der Waals surface area contributed by atoms with Crippen LogP contribution in [0.1, 0.15) is 27.2 Å². The predicted molar refractivity (Wildman–Crippen MR) is 58.9 cm³/mol. The average Bonchev–Trinajstić information content (AvgIpc) is 2.30. The van der Waals surface area contributed by atoms with Gasteiger partial charge in [-0.25, -0.2) is 4.79 Å². The van der Waals surface area contributed by atoms with Gasteiger partial charge in [0.1, 0.15) is 10.5 Å². The Balaban J connectivity index is 2.64. The van der Waals surface area contributed by atoms with E-state index in [9.17, 15) is 4.79 Å². The third-order valence-corrected chi connectivity index (χ3v) is 3.14. The minimum Gasteiger partial charge on any atom is -0.456 e. The van der Waals surface area contributed by atoms with Gasteiger partial charge >= 0.3 is 5.97 Å². The number of thiol groups is 1. The van der Waals surface area contributed by atoms with Crippen LogP contribution < -0.4 is 0 Å². The van der Waals surface area contributed by atoms with Crippen LogP contribution in [0, 0.1) is 0 Å². The summed E-state index contributed by atoms with van der Waals surface area (Å²) in [5, 5.41) is 0. The van der Waals surface area contributed by atoms with Gasteiger partial charge < -0.3 is 4.74 Å². The summed E-state index contributed by atoms with van der Waals surface area (Å²) >= 11 is 5.76. The summed E-state index contributed by atoms with van der Waals surface area (Å²) in [4.78, 5) is 13.1. The fourth-order valence-electron chi connectivity index (χ4n) is 0.948. The van der Waals surface area contributed by atoms with Crippen molar-refractivity contribution >= 4 is 30.4 Å². The lowest BCUT2D eigenvalue weighted by atomic mass is 10.2. The zero-order valence-electron chi connectivity index (χ0n) is 8.09. The molecular weight excluding hydrogens is 204 g/mol. The third kappa shape index (κ3) is 3.27. The molecular formula is C9H14O2S2. The number of rotatable bonds is 1. The molecule has 0 saturated carbocycles. The summed E-state index contributed by atoms with van der Waals surface area (Å²) < 4.78 is 5.23. The summed E-state index contributed by atoms with van der Waals surface area (Å²) in [7, 11) is 0. The first kappa shape index (κ1) is 11.0. The van der Waals surface area contributed by atoms with Gasteiger partial charge in [0, 0.05) is 10.7 Å². The van der Waals surface area contributed by atoms with Gasteiger partial charge in [0.15, 0.2) is 0 Å². The molecule has 0 atom stereocenters. The Hall–Kier alpha value is -0.0900. The molecule has 0 aliphatic carbocycles. The molecule has 0 aromatic heterocycles. The van der Waals surface area contributed by atoms with Gasteiger partial charge in [0.25, 0.3) is 0 Å². The van der Waals surface area contributed by atoms with Gasteiger partial charge in [-0.2, -0.15) is 0 Å². The second kappa shape index (κ2) is 3.96. The van der Waals surface area contributed by atoms with Crippen LogP contribution in [0.4, 0.5) is 0 Å². The third-order valence-electron chi connectivity index (χ3n) is 1.43. The lowest BCUT2D eigenvalue weighted by molar-refractivity contribution is -0.148. The van der Waals surface area contributed by atoms with Crippen molar-refractivity contribution in [1.29, 1.82) is 0 Å². The quantitative estimate of drug-likeness (QED) is 0.541. The molecule has 1 heterocycles. The van der Waals surface area contributed by atoms with E-state index in [1.165, 1.54) is 11.8 Å². The Morgan fingerprint density at radius 1 is 1.54 bits per heavy atom. The second-order valence-electron chi connectivity index (χ2n) is 3.88. The largest absolute Gasteiger partial charge is 0.456 e. The number of thioether (sulfide) groups is 1. The van der Waals surface area contributed by atoms with Crippen LogP contribution in [-0.2, 0) is 9.53 Å². The van der Waals surface area contributed by atoms with Crippen LogP contribution in [0.15, 0.2) is 9.81 Å². The van der Waals surface area contributed by atoms with Crippen LogP contribution in [0.3, 0.4) is 0 Å². The number of esters is 1. The van der Waals surface area contributed by atoms with Gasteiger partial charge in [0.2, 0.25) is 0 Å². The molecule has 1 rings (SSSR count). The van der Waals surface area contributed by atoms with Gasteiger partial charge in [-0.05, 0) is 27.2 Å². The number of carbonyl (C=O) groups is 1. The Bertz CT molecular complexity index is 251. The molecule has 0 N–H and O–H groups in total. The molecule has 4 heteroatoms. The van der Waals surface area contributed by atoms with Crippen molar-refractivity contribution in [2.24, 2.45) is 0 Å². The highest BCUT2D eigenvalue weighted by Gasteiger charge is 2.25. The second-order valence-corrected chi connectivity index (χ2v) is 5.52. The van der Waals surface area contributed by atoms with Crippen molar-refractivity contribution in [3.05, 3.63) is 9.81 Å². The number of hydrogen-bond donors (Lipinski definition) is 1. The highest BCUT2D eigenvalue weighted by atomic mass is 32.2.